The van der Waals surface area contributed by atoms with Gasteiger partial charge in [-0.1, -0.05) is 30.3 Å². The van der Waals surface area contributed by atoms with Gasteiger partial charge in [-0.05, 0) is 17.7 Å². The van der Waals surface area contributed by atoms with E-state index in [2.05, 4.69) is 20.3 Å². The number of nitrogens with zero attached hydrogens (tertiary/aromatic N) is 3. The van der Waals surface area contributed by atoms with Gasteiger partial charge in [0.2, 0.25) is 5.91 Å². The molecule has 1 aliphatic rings. The van der Waals surface area contributed by atoms with Crippen molar-refractivity contribution in [2.45, 2.75) is 31.7 Å². The Bertz CT molecular complexity index is 973. The van der Waals surface area contributed by atoms with Crippen LogP contribution in [0, 0.1) is 0 Å². The lowest BCUT2D eigenvalue weighted by molar-refractivity contribution is -0.125. The quantitative estimate of drug-likeness (QED) is 0.600. The number of aliphatic hydroxyl groups is 1. The van der Waals surface area contributed by atoms with Crippen LogP contribution >= 0.6 is 0 Å². The Labute approximate surface area is 166 Å². The van der Waals surface area contributed by atoms with E-state index in [1.807, 2.05) is 36.4 Å². The standard InChI is InChI=1S/C20H21N5O4/c26-14-9-16(25(11-14)20(28)29-12-13-5-2-1-3-6-13)19(27)22-10-17-23-15-7-4-8-21-18(15)24-17/h1-8,14,16,26H,9-12H2,(H,22,27)(H,21,23,24)/t14-,16+/m1/s1. The van der Waals surface area contributed by atoms with Gasteiger partial charge in [0, 0.05) is 12.6 Å². The van der Waals surface area contributed by atoms with E-state index in [1.54, 1.807) is 12.3 Å². The molecule has 0 unspecified atom stereocenters. The summed E-state index contributed by atoms with van der Waals surface area (Å²) < 4.78 is 5.31. The molecular formula is C20H21N5O4. The number of amides is 2. The number of aromatic nitrogens is 3. The van der Waals surface area contributed by atoms with Crippen LogP contribution in [0.2, 0.25) is 0 Å². The third-order valence-electron chi connectivity index (χ3n) is 4.76. The molecule has 150 valence electrons. The summed E-state index contributed by atoms with van der Waals surface area (Å²) in [7, 11) is 0. The summed E-state index contributed by atoms with van der Waals surface area (Å²) in [6, 6.07) is 12.1. The van der Waals surface area contributed by atoms with Crippen molar-refractivity contribution >= 4 is 23.2 Å². The van der Waals surface area contributed by atoms with Gasteiger partial charge in [-0.2, -0.15) is 0 Å². The van der Waals surface area contributed by atoms with Crippen LogP contribution in [0.25, 0.3) is 11.2 Å². The number of nitrogens with one attached hydrogen (secondary N) is 2. The van der Waals surface area contributed by atoms with E-state index in [4.69, 9.17) is 4.74 Å². The average Bonchev–Trinajstić information content (AvgIpc) is 3.34. The predicted molar refractivity (Wildman–Crippen MR) is 103 cm³/mol. The van der Waals surface area contributed by atoms with Crippen LogP contribution in [0.4, 0.5) is 4.79 Å². The van der Waals surface area contributed by atoms with E-state index in [9.17, 15) is 14.7 Å². The first-order valence-electron chi connectivity index (χ1n) is 9.33. The zero-order valence-corrected chi connectivity index (χ0v) is 15.6. The number of H-pyrrole nitrogens is 1. The van der Waals surface area contributed by atoms with E-state index in [1.165, 1.54) is 4.90 Å². The molecule has 0 bridgehead atoms. The van der Waals surface area contributed by atoms with Gasteiger partial charge in [0.1, 0.15) is 18.5 Å². The lowest BCUT2D eigenvalue weighted by atomic mass is 10.2. The highest BCUT2D eigenvalue weighted by atomic mass is 16.6. The number of likely N-dealkylation sites (tertiary alicyclic amines) is 1. The van der Waals surface area contributed by atoms with Crippen LogP contribution in [0.1, 0.15) is 17.8 Å². The molecular weight excluding hydrogens is 374 g/mol. The zero-order chi connectivity index (χ0) is 20.2. The summed E-state index contributed by atoms with van der Waals surface area (Å²) in [6.45, 7) is 0.321. The molecule has 29 heavy (non-hydrogen) atoms. The lowest BCUT2D eigenvalue weighted by Crippen LogP contribution is -2.46. The third-order valence-corrected chi connectivity index (χ3v) is 4.76. The molecule has 0 aliphatic carbocycles. The van der Waals surface area contributed by atoms with Crippen molar-refractivity contribution < 1.29 is 19.4 Å². The van der Waals surface area contributed by atoms with Gasteiger partial charge in [0.15, 0.2) is 5.65 Å². The predicted octanol–water partition coefficient (Wildman–Crippen LogP) is 1.35. The highest BCUT2D eigenvalue weighted by Gasteiger charge is 2.39. The van der Waals surface area contributed by atoms with Gasteiger partial charge in [0.25, 0.3) is 0 Å². The van der Waals surface area contributed by atoms with Crippen LogP contribution < -0.4 is 5.32 Å². The third kappa shape index (κ3) is 4.35. The molecule has 9 heteroatoms. The molecule has 2 aromatic heterocycles. The zero-order valence-electron chi connectivity index (χ0n) is 15.6. The number of rotatable bonds is 5. The minimum absolute atomic E-state index is 0.0558. The SMILES string of the molecule is O=C(NCc1nc2ncccc2[nH]1)[C@@H]1C[C@@H](O)CN1C(=O)OCc1ccccc1. The Morgan fingerprint density at radius 2 is 2.07 bits per heavy atom. The molecule has 1 saturated heterocycles. The maximum absolute atomic E-state index is 12.6. The Hall–Kier alpha value is -3.46. The first-order chi connectivity index (χ1) is 14.1. The molecule has 1 fully saturated rings. The molecule has 2 amide bonds. The average molecular weight is 395 g/mol. The summed E-state index contributed by atoms with van der Waals surface area (Å²) in [5.41, 5.74) is 2.19. The number of benzene rings is 1. The minimum atomic E-state index is -0.796. The molecule has 0 radical (unpaired) electrons. The number of fused-ring (bicyclic) bond motifs is 1. The Balaban J connectivity index is 1.36. The Morgan fingerprint density at radius 3 is 2.86 bits per heavy atom. The molecule has 0 spiro atoms. The monoisotopic (exact) mass is 395 g/mol. The van der Waals surface area contributed by atoms with Gasteiger partial charge < -0.3 is 20.1 Å². The van der Waals surface area contributed by atoms with E-state index in [0.717, 1.165) is 11.1 Å². The molecule has 0 saturated carbocycles. The number of aromatic amines is 1. The van der Waals surface area contributed by atoms with Crippen molar-refractivity contribution in [3.05, 3.63) is 60.0 Å². The van der Waals surface area contributed by atoms with Gasteiger partial charge in [0.05, 0.1) is 24.7 Å². The van der Waals surface area contributed by atoms with E-state index >= 15 is 0 Å². The second kappa shape index (κ2) is 8.27. The lowest BCUT2D eigenvalue weighted by Gasteiger charge is -2.22. The number of pyridine rings is 1. The van der Waals surface area contributed by atoms with Crippen molar-refractivity contribution in [3.8, 4) is 0 Å². The number of ether oxygens (including phenoxy) is 1. The molecule has 3 heterocycles. The van der Waals surface area contributed by atoms with Crippen molar-refractivity contribution in [1.29, 1.82) is 0 Å². The van der Waals surface area contributed by atoms with Crippen molar-refractivity contribution in [3.63, 3.8) is 0 Å². The van der Waals surface area contributed by atoms with Crippen molar-refractivity contribution in [2.75, 3.05) is 6.54 Å². The van der Waals surface area contributed by atoms with E-state index < -0.39 is 18.2 Å². The smallest absolute Gasteiger partial charge is 0.410 e. The second-order valence-corrected chi connectivity index (χ2v) is 6.87. The fourth-order valence-electron chi connectivity index (χ4n) is 3.33. The number of aliphatic hydroxyl groups excluding tert-OH is 1. The van der Waals surface area contributed by atoms with Gasteiger partial charge in [-0.25, -0.2) is 14.8 Å². The molecule has 1 aromatic carbocycles. The second-order valence-electron chi connectivity index (χ2n) is 6.87. The number of carbonyl (C=O) groups is 2. The molecule has 2 atom stereocenters. The topological polar surface area (TPSA) is 120 Å². The summed E-state index contributed by atoms with van der Waals surface area (Å²) in [6.07, 6.45) is 0.405. The van der Waals surface area contributed by atoms with Gasteiger partial charge >= 0.3 is 6.09 Å². The molecule has 3 N–H and O–H groups in total. The fraction of sp³-hybridized carbons (Fsp3) is 0.300. The van der Waals surface area contributed by atoms with Crippen LogP contribution in [0.3, 0.4) is 0 Å². The Kier molecular flexibility index (Phi) is 5.39. The molecule has 3 aromatic rings. The number of hydrogen-bond acceptors (Lipinski definition) is 6. The summed E-state index contributed by atoms with van der Waals surface area (Å²) in [4.78, 5) is 37.9. The highest BCUT2D eigenvalue weighted by molar-refractivity contribution is 5.86. The van der Waals surface area contributed by atoms with Crippen LogP contribution in [-0.4, -0.2) is 55.6 Å². The largest absolute Gasteiger partial charge is 0.445 e. The first kappa shape index (κ1) is 18.9. The number of carbonyl (C=O) groups excluding carboxylic acids is 2. The summed E-state index contributed by atoms with van der Waals surface area (Å²) >= 11 is 0. The number of hydrogen-bond donors (Lipinski definition) is 3. The van der Waals surface area contributed by atoms with Crippen LogP contribution in [0.15, 0.2) is 48.7 Å². The minimum Gasteiger partial charge on any atom is -0.445 e. The molecule has 4 rings (SSSR count). The van der Waals surface area contributed by atoms with E-state index in [-0.39, 0.29) is 32.0 Å². The van der Waals surface area contributed by atoms with Gasteiger partial charge in [-0.15, -0.1) is 0 Å². The van der Waals surface area contributed by atoms with Crippen molar-refractivity contribution in [1.82, 2.24) is 25.2 Å². The molecule has 9 nitrogen and oxygen atoms in total. The molecule has 1 aliphatic heterocycles. The van der Waals surface area contributed by atoms with E-state index in [0.29, 0.717) is 11.5 Å². The first-order valence-corrected chi connectivity index (χ1v) is 9.33. The van der Waals surface area contributed by atoms with Gasteiger partial charge in [-0.3, -0.25) is 9.69 Å². The fourth-order valence-corrected chi connectivity index (χ4v) is 3.33. The van der Waals surface area contributed by atoms with Crippen LogP contribution in [-0.2, 0) is 22.7 Å². The van der Waals surface area contributed by atoms with Crippen molar-refractivity contribution in [2.24, 2.45) is 0 Å². The summed E-state index contributed by atoms with van der Waals surface area (Å²) in [5.74, 6) is 0.190. The maximum Gasteiger partial charge on any atom is 0.410 e. The normalized spacial score (nSPS) is 18.7. The maximum atomic E-state index is 12.6. The Morgan fingerprint density at radius 1 is 1.24 bits per heavy atom. The summed E-state index contributed by atoms with van der Waals surface area (Å²) in [5, 5.41) is 12.7. The van der Waals surface area contributed by atoms with Crippen LogP contribution in [0.5, 0.6) is 0 Å². The highest BCUT2D eigenvalue weighted by Crippen LogP contribution is 2.20. The number of imidazole rings is 1. The number of β-amino-alcohol motifs (C(OH)–C–C–N with tert-alkyl or cyclic N) is 1.